The molecule has 2 bridgehead atoms. The molecule has 0 N–H and O–H groups in total. The van der Waals surface area contributed by atoms with Crippen LogP contribution in [0.3, 0.4) is 0 Å². The number of hydrogen-bond acceptors (Lipinski definition) is 4. The molecule has 2 fully saturated rings. The highest BCUT2D eigenvalue weighted by Gasteiger charge is 2.58. The Balaban J connectivity index is 1.70. The lowest BCUT2D eigenvalue weighted by Crippen LogP contribution is -2.34. The third-order valence-corrected chi connectivity index (χ3v) is 4.32. The van der Waals surface area contributed by atoms with E-state index in [4.69, 9.17) is 0 Å². The Morgan fingerprint density at radius 2 is 1.78 bits per heavy atom. The number of carboxylic acid groups (broad SMARTS) is 1. The summed E-state index contributed by atoms with van der Waals surface area (Å²) in [7, 11) is 0. The van der Waals surface area contributed by atoms with Crippen molar-refractivity contribution >= 4 is 17.8 Å². The molecule has 2 amide bonds. The average molecular weight is 248 g/mol. The van der Waals surface area contributed by atoms with Gasteiger partial charge in [-0.05, 0) is 31.1 Å². The number of carbonyl (C=O) groups excluding carboxylic acids is 3. The summed E-state index contributed by atoms with van der Waals surface area (Å²) in [5.74, 6) is -1.31. The van der Waals surface area contributed by atoms with Crippen molar-refractivity contribution < 1.29 is 19.5 Å². The van der Waals surface area contributed by atoms with Crippen LogP contribution in [-0.4, -0.2) is 29.2 Å². The summed E-state index contributed by atoms with van der Waals surface area (Å²) in [5.41, 5.74) is 0. The zero-order valence-corrected chi connectivity index (χ0v) is 9.87. The SMILES string of the molecule is O=C([O-])CCCN1C(=O)[C@@H]2[C@H](C1=O)[C@H]1C=C[C@H]2C1. The van der Waals surface area contributed by atoms with Crippen molar-refractivity contribution in [1.29, 1.82) is 0 Å². The molecule has 96 valence electrons. The van der Waals surface area contributed by atoms with Crippen LogP contribution in [0.15, 0.2) is 12.2 Å². The fourth-order valence-electron chi connectivity index (χ4n) is 3.57. The first kappa shape index (κ1) is 11.4. The summed E-state index contributed by atoms with van der Waals surface area (Å²) in [6.45, 7) is 0.206. The number of nitrogens with zero attached hydrogens (tertiary/aromatic N) is 1. The summed E-state index contributed by atoms with van der Waals surface area (Å²) >= 11 is 0. The van der Waals surface area contributed by atoms with Crippen LogP contribution < -0.4 is 5.11 Å². The molecule has 3 aliphatic rings. The van der Waals surface area contributed by atoms with Gasteiger partial charge in [-0.1, -0.05) is 12.2 Å². The van der Waals surface area contributed by atoms with E-state index in [2.05, 4.69) is 0 Å². The van der Waals surface area contributed by atoms with Crippen LogP contribution in [0.2, 0.25) is 0 Å². The Morgan fingerprint density at radius 1 is 1.22 bits per heavy atom. The van der Waals surface area contributed by atoms with Crippen LogP contribution in [0, 0.1) is 23.7 Å². The van der Waals surface area contributed by atoms with Gasteiger partial charge < -0.3 is 9.90 Å². The Labute approximate surface area is 104 Å². The monoisotopic (exact) mass is 248 g/mol. The summed E-state index contributed by atoms with van der Waals surface area (Å²) in [6, 6.07) is 0. The quantitative estimate of drug-likeness (QED) is 0.488. The summed E-state index contributed by atoms with van der Waals surface area (Å²) in [6.07, 6.45) is 5.17. The zero-order valence-electron chi connectivity index (χ0n) is 9.87. The standard InChI is InChI=1S/C13H15NO4/c15-9(16)2-1-5-14-12(17)10-7-3-4-8(6-7)11(10)13(14)18/h3-4,7-8,10-11H,1-2,5-6H2,(H,15,16)/p-1/t7-,8-,10-,11+/m0/s1. The van der Waals surface area contributed by atoms with E-state index >= 15 is 0 Å². The number of allylic oxidation sites excluding steroid dienone is 2. The lowest BCUT2D eigenvalue weighted by atomic mass is 9.85. The Morgan fingerprint density at radius 3 is 2.28 bits per heavy atom. The summed E-state index contributed by atoms with van der Waals surface area (Å²) in [4.78, 5) is 35.9. The number of fused-ring (bicyclic) bond motifs is 5. The van der Waals surface area contributed by atoms with E-state index in [9.17, 15) is 19.5 Å². The number of amides is 2. The van der Waals surface area contributed by atoms with Gasteiger partial charge in [-0.2, -0.15) is 0 Å². The highest BCUT2D eigenvalue weighted by atomic mass is 16.4. The molecule has 18 heavy (non-hydrogen) atoms. The lowest BCUT2D eigenvalue weighted by molar-refractivity contribution is -0.305. The van der Waals surface area contributed by atoms with Crippen LogP contribution in [0.25, 0.3) is 0 Å². The van der Waals surface area contributed by atoms with E-state index in [0.29, 0.717) is 0 Å². The van der Waals surface area contributed by atoms with Crippen LogP contribution in [-0.2, 0) is 14.4 Å². The second kappa shape index (κ2) is 3.93. The van der Waals surface area contributed by atoms with Crippen LogP contribution in [0.5, 0.6) is 0 Å². The minimum Gasteiger partial charge on any atom is -0.550 e. The number of carbonyl (C=O) groups is 3. The molecule has 0 aromatic heterocycles. The highest BCUT2D eigenvalue weighted by molar-refractivity contribution is 6.06. The van der Waals surface area contributed by atoms with Gasteiger partial charge >= 0.3 is 0 Å². The molecule has 1 saturated heterocycles. The van der Waals surface area contributed by atoms with E-state index in [1.165, 1.54) is 4.90 Å². The van der Waals surface area contributed by atoms with Crippen molar-refractivity contribution in [2.75, 3.05) is 6.54 Å². The van der Waals surface area contributed by atoms with Gasteiger partial charge in [0.25, 0.3) is 0 Å². The minimum atomic E-state index is -1.14. The smallest absolute Gasteiger partial charge is 0.233 e. The Hall–Kier alpha value is -1.65. The molecule has 0 radical (unpaired) electrons. The second-order valence-corrected chi connectivity index (χ2v) is 5.30. The van der Waals surface area contributed by atoms with Gasteiger partial charge in [-0.25, -0.2) is 0 Å². The van der Waals surface area contributed by atoms with E-state index in [1.54, 1.807) is 0 Å². The van der Waals surface area contributed by atoms with E-state index in [1.807, 2.05) is 12.2 Å². The average Bonchev–Trinajstić information content (AvgIpc) is 2.97. The molecule has 0 spiro atoms. The van der Waals surface area contributed by atoms with Gasteiger partial charge in [-0.3, -0.25) is 14.5 Å². The fraction of sp³-hybridized carbons (Fsp3) is 0.615. The van der Waals surface area contributed by atoms with Crippen molar-refractivity contribution in [2.24, 2.45) is 23.7 Å². The molecule has 1 aliphatic heterocycles. The van der Waals surface area contributed by atoms with Gasteiger partial charge in [0.05, 0.1) is 11.8 Å². The lowest BCUT2D eigenvalue weighted by Gasteiger charge is -2.17. The highest BCUT2D eigenvalue weighted by Crippen LogP contribution is 2.52. The van der Waals surface area contributed by atoms with Crippen molar-refractivity contribution in [3.63, 3.8) is 0 Å². The van der Waals surface area contributed by atoms with E-state index in [-0.39, 0.29) is 54.9 Å². The molecule has 1 heterocycles. The number of rotatable bonds is 4. The molecule has 0 aromatic carbocycles. The van der Waals surface area contributed by atoms with Gasteiger partial charge in [0, 0.05) is 12.5 Å². The third kappa shape index (κ3) is 1.50. The first-order valence-electron chi connectivity index (χ1n) is 6.33. The van der Waals surface area contributed by atoms with Crippen molar-refractivity contribution in [3.8, 4) is 0 Å². The maximum atomic E-state index is 12.2. The first-order chi connectivity index (χ1) is 8.59. The largest absolute Gasteiger partial charge is 0.550 e. The van der Waals surface area contributed by atoms with Crippen molar-refractivity contribution in [2.45, 2.75) is 19.3 Å². The van der Waals surface area contributed by atoms with Gasteiger partial charge in [0.2, 0.25) is 11.8 Å². The third-order valence-electron chi connectivity index (χ3n) is 4.32. The summed E-state index contributed by atoms with van der Waals surface area (Å²) < 4.78 is 0. The molecule has 0 aromatic rings. The molecule has 3 rings (SSSR count). The normalized spacial score (nSPS) is 36.6. The van der Waals surface area contributed by atoms with Gasteiger partial charge in [-0.15, -0.1) is 0 Å². The van der Waals surface area contributed by atoms with Crippen molar-refractivity contribution in [3.05, 3.63) is 12.2 Å². The minimum absolute atomic E-state index is 0.111. The molecular formula is C13H14NO4-. The Kier molecular flexibility index (Phi) is 2.50. The number of aliphatic carboxylic acids is 1. The predicted molar refractivity (Wildman–Crippen MR) is 58.7 cm³/mol. The number of hydrogen-bond donors (Lipinski definition) is 0. The Bertz CT molecular complexity index is 426. The second-order valence-electron chi connectivity index (χ2n) is 5.30. The number of imide groups is 1. The zero-order chi connectivity index (χ0) is 12.9. The maximum absolute atomic E-state index is 12.2. The van der Waals surface area contributed by atoms with Crippen LogP contribution >= 0.6 is 0 Å². The molecule has 5 heteroatoms. The molecule has 0 unspecified atom stereocenters. The van der Waals surface area contributed by atoms with Gasteiger partial charge in [0.15, 0.2) is 0 Å². The summed E-state index contributed by atoms with van der Waals surface area (Å²) in [5, 5.41) is 10.3. The van der Waals surface area contributed by atoms with Crippen LogP contribution in [0.4, 0.5) is 0 Å². The molecule has 4 atom stereocenters. The van der Waals surface area contributed by atoms with E-state index in [0.717, 1.165) is 6.42 Å². The maximum Gasteiger partial charge on any atom is 0.233 e. The van der Waals surface area contributed by atoms with E-state index < -0.39 is 5.97 Å². The molecular weight excluding hydrogens is 234 g/mol. The molecule has 5 nitrogen and oxygen atoms in total. The van der Waals surface area contributed by atoms with Gasteiger partial charge in [0.1, 0.15) is 0 Å². The first-order valence-corrected chi connectivity index (χ1v) is 6.33. The molecule has 1 saturated carbocycles. The number of likely N-dealkylation sites (tertiary alicyclic amines) is 1. The number of carboxylic acids is 1. The van der Waals surface area contributed by atoms with Crippen molar-refractivity contribution in [1.82, 2.24) is 4.90 Å². The molecule has 2 aliphatic carbocycles. The predicted octanol–water partition coefficient (Wildman–Crippen LogP) is -0.676. The fourth-order valence-corrected chi connectivity index (χ4v) is 3.57. The topological polar surface area (TPSA) is 77.5 Å². The van der Waals surface area contributed by atoms with Crippen LogP contribution in [0.1, 0.15) is 19.3 Å².